The molecule has 1 N–H and O–H groups in total. The van der Waals surface area contributed by atoms with Gasteiger partial charge in [-0.05, 0) is 36.1 Å². The molecule has 1 aliphatic heterocycles. The van der Waals surface area contributed by atoms with Crippen molar-refractivity contribution in [1.29, 1.82) is 0 Å². The second-order valence-electron chi connectivity index (χ2n) is 7.85. The van der Waals surface area contributed by atoms with Crippen LogP contribution in [0.5, 0.6) is 0 Å². The largest absolute Gasteiger partial charge is 0.465 e. The van der Waals surface area contributed by atoms with Gasteiger partial charge in [0.1, 0.15) is 10.6 Å². The van der Waals surface area contributed by atoms with E-state index in [-0.39, 0.29) is 30.7 Å². The number of amides is 3. The first-order chi connectivity index (χ1) is 16.4. The van der Waals surface area contributed by atoms with Gasteiger partial charge in [0.05, 0.1) is 18.2 Å². The predicted molar refractivity (Wildman–Crippen MR) is 130 cm³/mol. The first-order valence-corrected chi connectivity index (χ1v) is 11.9. The van der Waals surface area contributed by atoms with Gasteiger partial charge in [-0.15, -0.1) is 11.3 Å². The Bertz CT molecular complexity index is 1230. The summed E-state index contributed by atoms with van der Waals surface area (Å²) >= 11 is 1.25. The van der Waals surface area contributed by atoms with E-state index in [1.807, 2.05) is 29.6 Å². The van der Waals surface area contributed by atoms with Crippen LogP contribution >= 0.6 is 11.3 Å². The van der Waals surface area contributed by atoms with Gasteiger partial charge in [0.25, 0.3) is 11.8 Å². The fraction of sp³-hybridized carbons (Fsp3) is 0.231. The first-order valence-electron chi connectivity index (χ1n) is 11.0. The number of methoxy groups -OCH3 is 1. The van der Waals surface area contributed by atoms with Crippen LogP contribution in [-0.4, -0.2) is 42.2 Å². The van der Waals surface area contributed by atoms with E-state index < -0.39 is 5.97 Å². The molecule has 0 aliphatic carbocycles. The molecule has 4 rings (SSSR count). The van der Waals surface area contributed by atoms with Crippen LogP contribution in [0.2, 0.25) is 0 Å². The van der Waals surface area contributed by atoms with Gasteiger partial charge in [0, 0.05) is 23.9 Å². The summed E-state index contributed by atoms with van der Waals surface area (Å²) in [6.45, 7) is 2.21. The van der Waals surface area contributed by atoms with Crippen LogP contribution in [0.3, 0.4) is 0 Å². The molecule has 174 valence electrons. The van der Waals surface area contributed by atoms with Crippen molar-refractivity contribution >= 4 is 40.0 Å². The smallest absolute Gasteiger partial charge is 0.341 e. The number of nitrogens with zero attached hydrogens (tertiary/aromatic N) is 1. The fourth-order valence-electron chi connectivity index (χ4n) is 3.92. The number of hydrogen-bond acceptors (Lipinski definition) is 6. The van der Waals surface area contributed by atoms with Crippen molar-refractivity contribution in [2.75, 3.05) is 19.0 Å². The normalized spacial score (nSPS) is 12.6. The molecule has 0 unspecified atom stereocenters. The lowest BCUT2D eigenvalue weighted by molar-refractivity contribution is -0.116. The highest BCUT2D eigenvalue weighted by Gasteiger charge is 2.34. The highest BCUT2D eigenvalue weighted by molar-refractivity contribution is 7.15. The molecule has 7 nitrogen and oxygen atoms in total. The highest BCUT2D eigenvalue weighted by atomic mass is 32.1. The number of rotatable bonds is 8. The van der Waals surface area contributed by atoms with Crippen LogP contribution in [0, 0.1) is 0 Å². The van der Waals surface area contributed by atoms with Gasteiger partial charge in [-0.3, -0.25) is 19.3 Å². The number of hydrogen-bond donors (Lipinski definition) is 1. The van der Waals surface area contributed by atoms with E-state index in [4.69, 9.17) is 4.74 Å². The Labute approximate surface area is 201 Å². The number of imide groups is 1. The topological polar surface area (TPSA) is 92.8 Å². The van der Waals surface area contributed by atoms with Crippen molar-refractivity contribution < 1.29 is 23.9 Å². The van der Waals surface area contributed by atoms with Crippen molar-refractivity contribution in [2.45, 2.75) is 26.2 Å². The molecule has 8 heteroatoms. The number of anilines is 1. The van der Waals surface area contributed by atoms with Crippen molar-refractivity contribution in [2.24, 2.45) is 0 Å². The minimum atomic E-state index is -0.530. The first kappa shape index (κ1) is 23.4. The Kier molecular flexibility index (Phi) is 6.88. The van der Waals surface area contributed by atoms with Gasteiger partial charge in [0.15, 0.2) is 0 Å². The maximum Gasteiger partial charge on any atom is 0.341 e. The summed E-state index contributed by atoms with van der Waals surface area (Å²) < 4.78 is 4.96. The number of fused-ring (bicyclic) bond motifs is 1. The van der Waals surface area contributed by atoms with Crippen molar-refractivity contribution in [3.8, 4) is 11.1 Å². The Balaban J connectivity index is 1.42. The minimum absolute atomic E-state index is 0.0897. The van der Waals surface area contributed by atoms with E-state index in [2.05, 4.69) is 12.2 Å². The SMILES string of the molecule is CCc1ccc(-c2csc(NC(=O)CCCN3C(=O)c4ccccc4C3=O)c2C(=O)OC)cc1. The van der Waals surface area contributed by atoms with Crippen LogP contribution in [-0.2, 0) is 16.0 Å². The number of carbonyl (C=O) groups is 4. The third-order valence-corrected chi connectivity index (χ3v) is 6.67. The Morgan fingerprint density at radius 1 is 0.971 bits per heavy atom. The molecule has 0 saturated heterocycles. The lowest BCUT2D eigenvalue weighted by Crippen LogP contribution is -2.31. The molecule has 0 radical (unpaired) electrons. The van der Waals surface area contributed by atoms with E-state index in [1.54, 1.807) is 24.3 Å². The number of esters is 1. The van der Waals surface area contributed by atoms with E-state index in [0.29, 0.717) is 33.7 Å². The van der Waals surface area contributed by atoms with Gasteiger partial charge in [-0.1, -0.05) is 43.3 Å². The van der Waals surface area contributed by atoms with E-state index >= 15 is 0 Å². The maximum absolute atomic E-state index is 12.6. The lowest BCUT2D eigenvalue weighted by Gasteiger charge is -2.13. The van der Waals surface area contributed by atoms with Gasteiger partial charge in [-0.25, -0.2) is 4.79 Å². The molecule has 1 aromatic heterocycles. The van der Waals surface area contributed by atoms with Crippen LogP contribution in [0.1, 0.15) is 56.4 Å². The second-order valence-corrected chi connectivity index (χ2v) is 8.73. The van der Waals surface area contributed by atoms with Gasteiger partial charge < -0.3 is 10.1 Å². The highest BCUT2D eigenvalue weighted by Crippen LogP contribution is 2.36. The molecule has 0 saturated carbocycles. The van der Waals surface area contributed by atoms with Gasteiger partial charge >= 0.3 is 5.97 Å². The second kappa shape index (κ2) is 10.0. The van der Waals surface area contributed by atoms with Gasteiger partial charge in [-0.2, -0.15) is 0 Å². The zero-order valence-corrected chi connectivity index (χ0v) is 19.7. The zero-order chi connectivity index (χ0) is 24.2. The minimum Gasteiger partial charge on any atom is -0.465 e. The summed E-state index contributed by atoms with van der Waals surface area (Å²) in [7, 11) is 1.30. The number of nitrogens with one attached hydrogen (secondary N) is 1. The van der Waals surface area contributed by atoms with E-state index in [1.165, 1.54) is 28.9 Å². The Hall–Kier alpha value is -3.78. The number of thiophene rings is 1. The lowest BCUT2D eigenvalue weighted by atomic mass is 10.0. The molecule has 2 heterocycles. The van der Waals surface area contributed by atoms with Crippen LogP contribution in [0.4, 0.5) is 5.00 Å². The fourth-order valence-corrected chi connectivity index (χ4v) is 4.89. The zero-order valence-electron chi connectivity index (χ0n) is 18.9. The molecular formula is C26H24N2O5S. The molecule has 2 aromatic carbocycles. The summed E-state index contributed by atoms with van der Waals surface area (Å²) in [5, 5.41) is 5.02. The summed E-state index contributed by atoms with van der Waals surface area (Å²) in [6, 6.07) is 14.6. The van der Waals surface area contributed by atoms with Crippen molar-refractivity contribution in [3.63, 3.8) is 0 Å². The average molecular weight is 477 g/mol. The van der Waals surface area contributed by atoms with Gasteiger partial charge in [0.2, 0.25) is 5.91 Å². The summed E-state index contributed by atoms with van der Waals surface area (Å²) in [5.41, 5.74) is 3.83. The molecule has 0 fully saturated rings. The van der Waals surface area contributed by atoms with E-state index in [9.17, 15) is 19.2 Å². The molecule has 3 amide bonds. The standard InChI is InChI=1S/C26H24N2O5S/c1-3-16-10-12-17(13-11-16)20-15-34-23(22(20)26(32)33-2)27-21(29)9-6-14-28-24(30)18-7-4-5-8-19(18)25(28)31/h4-5,7-8,10-13,15H,3,6,9,14H2,1-2H3,(H,27,29). The quantitative estimate of drug-likeness (QED) is 0.373. The number of aryl methyl sites for hydroxylation is 1. The third-order valence-electron chi connectivity index (χ3n) is 5.77. The van der Waals surface area contributed by atoms with Crippen molar-refractivity contribution in [1.82, 2.24) is 4.90 Å². The summed E-state index contributed by atoms with van der Waals surface area (Å²) in [6.07, 6.45) is 1.31. The van der Waals surface area contributed by atoms with E-state index in [0.717, 1.165) is 12.0 Å². The van der Waals surface area contributed by atoms with Crippen molar-refractivity contribution in [3.05, 3.63) is 76.2 Å². The van der Waals surface area contributed by atoms with Crippen LogP contribution in [0.25, 0.3) is 11.1 Å². The molecule has 0 atom stereocenters. The molecule has 3 aromatic rings. The number of ether oxygens (including phenoxy) is 1. The molecule has 0 spiro atoms. The van der Waals surface area contributed by atoms with Crippen LogP contribution in [0.15, 0.2) is 53.9 Å². The monoisotopic (exact) mass is 476 g/mol. The number of carbonyl (C=O) groups excluding carboxylic acids is 4. The maximum atomic E-state index is 12.6. The molecule has 1 aliphatic rings. The number of benzene rings is 2. The Morgan fingerprint density at radius 3 is 2.21 bits per heavy atom. The molecule has 0 bridgehead atoms. The van der Waals surface area contributed by atoms with Crippen LogP contribution < -0.4 is 5.32 Å². The summed E-state index contributed by atoms with van der Waals surface area (Å²) in [4.78, 5) is 51.2. The predicted octanol–water partition coefficient (Wildman–Crippen LogP) is 4.78. The average Bonchev–Trinajstić information content (AvgIpc) is 3.38. The molecular weight excluding hydrogens is 452 g/mol. The molecule has 34 heavy (non-hydrogen) atoms. The summed E-state index contributed by atoms with van der Waals surface area (Å²) in [5.74, 6) is -1.52. The Morgan fingerprint density at radius 2 is 1.62 bits per heavy atom. The third kappa shape index (κ3) is 4.49.